The van der Waals surface area contributed by atoms with Crippen LogP contribution in [0.3, 0.4) is 0 Å². The zero-order valence-electron chi connectivity index (χ0n) is 13.3. The van der Waals surface area contributed by atoms with Gasteiger partial charge in [0.05, 0.1) is 22.2 Å². The molecule has 0 aliphatic heterocycles. The van der Waals surface area contributed by atoms with Crippen molar-refractivity contribution in [3.05, 3.63) is 79.0 Å². The van der Waals surface area contributed by atoms with Crippen LogP contribution in [0.25, 0.3) is 0 Å². The molecule has 0 aliphatic carbocycles. The summed E-state index contributed by atoms with van der Waals surface area (Å²) in [6.07, 6.45) is 0. The summed E-state index contributed by atoms with van der Waals surface area (Å²) >= 11 is 14.1. The highest BCUT2D eigenvalue weighted by Crippen LogP contribution is 2.23. The highest BCUT2D eigenvalue weighted by atomic mass is 127. The van der Waals surface area contributed by atoms with E-state index in [4.69, 9.17) is 23.2 Å². The normalized spacial score (nSPS) is 10.7. The third kappa shape index (κ3) is 4.34. The van der Waals surface area contributed by atoms with Crippen molar-refractivity contribution < 1.29 is 4.79 Å². The maximum atomic E-state index is 12.4. The highest BCUT2D eigenvalue weighted by molar-refractivity contribution is 14.1. The van der Waals surface area contributed by atoms with Gasteiger partial charge in [-0.25, -0.2) is 0 Å². The van der Waals surface area contributed by atoms with Gasteiger partial charge in [-0.15, -0.1) is 0 Å². The number of nitrogens with zero attached hydrogens (tertiary/aromatic N) is 2. The average molecular weight is 486 g/mol. The topological polar surface area (TPSA) is 46.9 Å². The number of amides is 1. The number of carbonyl (C=O) groups excluding carboxylic acids is 1. The van der Waals surface area contributed by atoms with Crippen LogP contribution < -0.4 is 5.32 Å². The zero-order chi connectivity index (χ0) is 18.0. The molecule has 3 aromatic rings. The fourth-order valence-electron chi connectivity index (χ4n) is 2.37. The van der Waals surface area contributed by atoms with Crippen LogP contribution in [0.15, 0.2) is 48.5 Å². The SMILES string of the molecule is Cc1cc(NC(=O)c2ccccc2I)nn1Cc1ccc(Cl)c(Cl)c1. The van der Waals surface area contributed by atoms with Crippen molar-refractivity contribution in [2.45, 2.75) is 13.5 Å². The number of hydrogen-bond acceptors (Lipinski definition) is 2. The molecule has 7 heteroatoms. The molecule has 0 unspecified atom stereocenters. The van der Waals surface area contributed by atoms with Crippen LogP contribution >= 0.6 is 45.8 Å². The molecule has 0 aliphatic rings. The Labute approximate surface area is 169 Å². The summed E-state index contributed by atoms with van der Waals surface area (Å²) in [5.41, 5.74) is 2.54. The minimum Gasteiger partial charge on any atom is -0.305 e. The fraction of sp³-hybridized carbons (Fsp3) is 0.111. The second-order valence-corrected chi connectivity index (χ2v) is 7.49. The van der Waals surface area contributed by atoms with Crippen molar-refractivity contribution in [1.29, 1.82) is 0 Å². The van der Waals surface area contributed by atoms with Crippen LogP contribution in [0, 0.1) is 10.5 Å². The molecule has 1 heterocycles. The van der Waals surface area contributed by atoms with E-state index >= 15 is 0 Å². The molecule has 3 rings (SSSR count). The third-order valence-corrected chi connectivity index (χ3v) is 5.34. The largest absolute Gasteiger partial charge is 0.305 e. The molecule has 0 fully saturated rings. The van der Waals surface area contributed by atoms with Crippen LogP contribution in [0.5, 0.6) is 0 Å². The Morgan fingerprint density at radius 2 is 1.92 bits per heavy atom. The molecule has 0 spiro atoms. The molecule has 0 saturated heterocycles. The molecule has 2 aromatic carbocycles. The quantitative estimate of drug-likeness (QED) is 0.502. The molecule has 128 valence electrons. The number of halogens is 3. The lowest BCUT2D eigenvalue weighted by molar-refractivity contribution is 0.102. The minimum atomic E-state index is -0.177. The van der Waals surface area contributed by atoms with Crippen LogP contribution in [-0.4, -0.2) is 15.7 Å². The number of aryl methyl sites for hydroxylation is 1. The molecule has 0 bridgehead atoms. The maximum Gasteiger partial charge on any atom is 0.257 e. The first-order valence-corrected chi connectivity index (χ1v) is 9.32. The van der Waals surface area contributed by atoms with Gasteiger partial charge in [-0.2, -0.15) is 5.10 Å². The minimum absolute atomic E-state index is 0.177. The van der Waals surface area contributed by atoms with E-state index < -0.39 is 0 Å². The molecule has 0 saturated carbocycles. The van der Waals surface area contributed by atoms with Gasteiger partial charge in [0, 0.05) is 15.3 Å². The fourth-order valence-corrected chi connectivity index (χ4v) is 3.32. The second-order valence-electron chi connectivity index (χ2n) is 5.51. The summed E-state index contributed by atoms with van der Waals surface area (Å²) in [7, 11) is 0. The summed E-state index contributed by atoms with van der Waals surface area (Å²) in [6.45, 7) is 2.48. The Bertz CT molecular complexity index is 940. The van der Waals surface area contributed by atoms with Crippen LogP contribution in [0.1, 0.15) is 21.6 Å². The number of rotatable bonds is 4. The Morgan fingerprint density at radius 1 is 1.16 bits per heavy atom. The van der Waals surface area contributed by atoms with Crippen molar-refractivity contribution >= 4 is 57.5 Å². The molecular weight excluding hydrogens is 472 g/mol. The first-order valence-electron chi connectivity index (χ1n) is 7.48. The first kappa shape index (κ1) is 18.2. The maximum absolute atomic E-state index is 12.4. The van der Waals surface area contributed by atoms with Gasteiger partial charge in [0.1, 0.15) is 0 Å². The molecule has 1 N–H and O–H groups in total. The number of benzene rings is 2. The summed E-state index contributed by atoms with van der Waals surface area (Å²) in [5.74, 6) is 0.339. The van der Waals surface area contributed by atoms with Crippen LogP contribution in [0.2, 0.25) is 10.0 Å². The summed E-state index contributed by atoms with van der Waals surface area (Å²) < 4.78 is 2.70. The molecule has 1 aromatic heterocycles. The lowest BCUT2D eigenvalue weighted by Gasteiger charge is -2.06. The molecule has 4 nitrogen and oxygen atoms in total. The van der Waals surface area contributed by atoms with E-state index in [1.807, 2.05) is 48.0 Å². The van der Waals surface area contributed by atoms with Crippen molar-refractivity contribution in [3.63, 3.8) is 0 Å². The Balaban J connectivity index is 1.77. The van der Waals surface area contributed by atoms with Gasteiger partial charge >= 0.3 is 0 Å². The number of nitrogens with one attached hydrogen (secondary N) is 1. The Hall–Kier alpha value is -1.57. The standard InChI is InChI=1S/C18H14Cl2IN3O/c1-11-8-17(22-18(25)13-4-2-3-5-16(13)21)23-24(11)10-12-6-7-14(19)15(20)9-12/h2-9H,10H2,1H3,(H,22,23,25). The van der Waals surface area contributed by atoms with Gasteiger partial charge in [0.25, 0.3) is 5.91 Å². The van der Waals surface area contributed by atoms with E-state index in [0.717, 1.165) is 14.8 Å². The predicted molar refractivity (Wildman–Crippen MR) is 110 cm³/mol. The summed E-state index contributed by atoms with van der Waals surface area (Å²) in [4.78, 5) is 12.4. The second kappa shape index (κ2) is 7.76. The van der Waals surface area contributed by atoms with E-state index in [0.29, 0.717) is 28.0 Å². The smallest absolute Gasteiger partial charge is 0.257 e. The highest BCUT2D eigenvalue weighted by Gasteiger charge is 2.12. The molecule has 0 radical (unpaired) electrons. The molecule has 1 amide bonds. The van der Waals surface area contributed by atoms with E-state index in [1.54, 1.807) is 12.1 Å². The summed E-state index contributed by atoms with van der Waals surface area (Å²) in [5, 5.41) is 8.33. The molecular formula is C18H14Cl2IN3O. The van der Waals surface area contributed by atoms with Gasteiger partial charge in [0.2, 0.25) is 0 Å². The Morgan fingerprint density at radius 3 is 2.64 bits per heavy atom. The average Bonchev–Trinajstić information content (AvgIpc) is 2.90. The van der Waals surface area contributed by atoms with E-state index in [1.165, 1.54) is 0 Å². The van der Waals surface area contributed by atoms with Crippen molar-refractivity contribution in [2.75, 3.05) is 5.32 Å². The number of anilines is 1. The van der Waals surface area contributed by atoms with E-state index in [-0.39, 0.29) is 5.91 Å². The van der Waals surface area contributed by atoms with Crippen LogP contribution in [-0.2, 0) is 6.54 Å². The Kier molecular flexibility index (Phi) is 5.66. The number of aromatic nitrogens is 2. The van der Waals surface area contributed by atoms with Gasteiger partial charge < -0.3 is 5.32 Å². The van der Waals surface area contributed by atoms with Gasteiger partial charge in [-0.3, -0.25) is 9.48 Å². The number of hydrogen-bond donors (Lipinski definition) is 1. The van der Waals surface area contributed by atoms with E-state index in [2.05, 4.69) is 33.0 Å². The summed E-state index contributed by atoms with van der Waals surface area (Å²) in [6, 6.07) is 14.7. The van der Waals surface area contributed by atoms with Crippen molar-refractivity contribution in [3.8, 4) is 0 Å². The van der Waals surface area contributed by atoms with Gasteiger partial charge in [-0.1, -0.05) is 41.4 Å². The van der Waals surface area contributed by atoms with Crippen molar-refractivity contribution in [1.82, 2.24) is 9.78 Å². The molecule has 25 heavy (non-hydrogen) atoms. The zero-order valence-corrected chi connectivity index (χ0v) is 16.9. The molecule has 0 atom stereocenters. The lowest BCUT2D eigenvalue weighted by Crippen LogP contribution is -2.14. The van der Waals surface area contributed by atoms with Crippen LogP contribution in [0.4, 0.5) is 5.82 Å². The van der Waals surface area contributed by atoms with Crippen molar-refractivity contribution in [2.24, 2.45) is 0 Å². The lowest BCUT2D eigenvalue weighted by atomic mass is 10.2. The van der Waals surface area contributed by atoms with E-state index in [9.17, 15) is 4.79 Å². The monoisotopic (exact) mass is 485 g/mol. The first-order chi connectivity index (χ1) is 11.9. The third-order valence-electron chi connectivity index (χ3n) is 3.66. The van der Waals surface area contributed by atoms with Gasteiger partial charge in [0.15, 0.2) is 5.82 Å². The number of carbonyl (C=O) groups is 1. The van der Waals surface area contributed by atoms with Gasteiger partial charge in [-0.05, 0) is 59.3 Å². The predicted octanol–water partition coefficient (Wildman–Crippen LogP) is 5.40.